The number of nitrogens with one attached hydrogen (secondary N) is 1. The Morgan fingerprint density at radius 1 is 1.47 bits per heavy atom. The van der Waals surface area contributed by atoms with Gasteiger partial charge < -0.3 is 14.8 Å². The first-order chi connectivity index (χ1) is 8.26. The van der Waals surface area contributed by atoms with Crippen LogP contribution in [0.25, 0.3) is 0 Å². The fraction of sp³-hybridized carbons (Fsp3) is 0.571. The molecule has 2 atom stereocenters. The highest BCUT2D eigenvalue weighted by Gasteiger charge is 2.26. The standard InChI is InChI=1S/C14H21NO2/c1-4-7-16-11-5-6-13-12(8-11)14(15-3)10(2)9-17-13/h5-6,8,10,14-15H,4,7,9H2,1-3H3. The van der Waals surface area contributed by atoms with Gasteiger partial charge in [-0.3, -0.25) is 0 Å². The lowest BCUT2D eigenvalue weighted by molar-refractivity contribution is 0.192. The summed E-state index contributed by atoms with van der Waals surface area (Å²) in [6.45, 7) is 5.84. The van der Waals surface area contributed by atoms with Crippen LogP contribution < -0.4 is 14.8 Å². The highest BCUT2D eigenvalue weighted by molar-refractivity contribution is 5.43. The van der Waals surface area contributed by atoms with Crippen LogP contribution in [0, 0.1) is 5.92 Å². The van der Waals surface area contributed by atoms with Gasteiger partial charge in [-0.25, -0.2) is 0 Å². The van der Waals surface area contributed by atoms with E-state index < -0.39 is 0 Å². The van der Waals surface area contributed by atoms with Crippen molar-refractivity contribution in [3.8, 4) is 11.5 Å². The van der Waals surface area contributed by atoms with Crippen molar-refractivity contribution in [3.05, 3.63) is 23.8 Å². The Balaban J connectivity index is 2.25. The van der Waals surface area contributed by atoms with Gasteiger partial charge >= 0.3 is 0 Å². The molecule has 2 rings (SSSR count). The SMILES string of the molecule is CCCOc1ccc2c(c1)C(NC)C(C)CO2. The number of fused-ring (bicyclic) bond motifs is 1. The lowest BCUT2D eigenvalue weighted by Crippen LogP contribution is -2.31. The van der Waals surface area contributed by atoms with Gasteiger partial charge in [0.25, 0.3) is 0 Å². The summed E-state index contributed by atoms with van der Waals surface area (Å²) in [5.74, 6) is 2.39. The topological polar surface area (TPSA) is 30.5 Å². The molecular weight excluding hydrogens is 214 g/mol. The van der Waals surface area contributed by atoms with Crippen LogP contribution >= 0.6 is 0 Å². The average Bonchev–Trinajstić information content (AvgIpc) is 2.36. The maximum atomic E-state index is 5.73. The van der Waals surface area contributed by atoms with Crippen LogP contribution in [-0.4, -0.2) is 20.3 Å². The fourth-order valence-electron chi connectivity index (χ4n) is 2.27. The predicted octanol–water partition coefficient (Wildman–Crippen LogP) is 2.76. The summed E-state index contributed by atoms with van der Waals surface area (Å²) in [6.07, 6.45) is 1.03. The first-order valence-corrected chi connectivity index (χ1v) is 6.33. The maximum Gasteiger partial charge on any atom is 0.124 e. The fourth-order valence-corrected chi connectivity index (χ4v) is 2.27. The Morgan fingerprint density at radius 3 is 3.00 bits per heavy atom. The minimum atomic E-state index is 0.351. The van der Waals surface area contributed by atoms with E-state index >= 15 is 0 Å². The molecule has 17 heavy (non-hydrogen) atoms. The van der Waals surface area contributed by atoms with E-state index in [0.29, 0.717) is 12.0 Å². The molecule has 0 aromatic heterocycles. The molecule has 2 unspecified atom stereocenters. The van der Waals surface area contributed by atoms with E-state index in [-0.39, 0.29) is 0 Å². The number of ether oxygens (including phenoxy) is 2. The van der Waals surface area contributed by atoms with Gasteiger partial charge in [0.15, 0.2) is 0 Å². The first kappa shape index (κ1) is 12.2. The first-order valence-electron chi connectivity index (χ1n) is 6.33. The Morgan fingerprint density at radius 2 is 2.29 bits per heavy atom. The summed E-state index contributed by atoms with van der Waals surface area (Å²) < 4.78 is 11.4. The molecule has 1 aliphatic rings. The quantitative estimate of drug-likeness (QED) is 0.870. The molecule has 1 aromatic carbocycles. The van der Waals surface area contributed by atoms with E-state index in [2.05, 4.69) is 25.2 Å². The zero-order chi connectivity index (χ0) is 12.3. The molecule has 0 saturated carbocycles. The van der Waals surface area contributed by atoms with Crippen molar-refractivity contribution in [2.45, 2.75) is 26.3 Å². The van der Waals surface area contributed by atoms with Crippen LogP contribution in [0.5, 0.6) is 11.5 Å². The summed E-state index contributed by atoms with van der Waals surface area (Å²) in [5, 5.41) is 3.36. The number of hydrogen-bond donors (Lipinski definition) is 1. The third kappa shape index (κ3) is 2.55. The summed E-state index contributed by atoms with van der Waals surface area (Å²) in [7, 11) is 2.00. The Labute approximate surface area is 103 Å². The van der Waals surface area contributed by atoms with Crippen molar-refractivity contribution < 1.29 is 9.47 Å². The van der Waals surface area contributed by atoms with Crippen molar-refractivity contribution in [3.63, 3.8) is 0 Å². The van der Waals surface area contributed by atoms with Crippen LogP contribution in [-0.2, 0) is 0 Å². The minimum absolute atomic E-state index is 0.351. The molecule has 3 nitrogen and oxygen atoms in total. The van der Waals surface area contributed by atoms with Crippen LogP contribution in [0.4, 0.5) is 0 Å². The molecule has 0 saturated heterocycles. The van der Waals surface area contributed by atoms with E-state index in [1.165, 1.54) is 5.56 Å². The molecule has 3 heteroatoms. The van der Waals surface area contributed by atoms with Gasteiger partial charge in [0, 0.05) is 17.5 Å². The van der Waals surface area contributed by atoms with Crippen molar-refractivity contribution in [2.75, 3.05) is 20.3 Å². The van der Waals surface area contributed by atoms with Gasteiger partial charge in [0.05, 0.1) is 13.2 Å². The third-order valence-corrected chi connectivity index (χ3v) is 3.17. The van der Waals surface area contributed by atoms with Crippen LogP contribution in [0.15, 0.2) is 18.2 Å². The van der Waals surface area contributed by atoms with E-state index in [9.17, 15) is 0 Å². The summed E-state index contributed by atoms with van der Waals surface area (Å²) >= 11 is 0. The molecule has 94 valence electrons. The van der Waals surface area contributed by atoms with Gasteiger partial charge in [-0.2, -0.15) is 0 Å². The molecule has 0 aliphatic carbocycles. The molecular formula is C14H21NO2. The minimum Gasteiger partial charge on any atom is -0.494 e. The largest absolute Gasteiger partial charge is 0.494 e. The molecule has 0 bridgehead atoms. The highest BCUT2D eigenvalue weighted by atomic mass is 16.5. The van der Waals surface area contributed by atoms with E-state index in [0.717, 1.165) is 31.1 Å². The monoisotopic (exact) mass is 235 g/mol. The van der Waals surface area contributed by atoms with E-state index in [4.69, 9.17) is 9.47 Å². The molecule has 1 N–H and O–H groups in total. The highest BCUT2D eigenvalue weighted by Crippen LogP contribution is 2.37. The zero-order valence-corrected chi connectivity index (χ0v) is 10.8. The van der Waals surface area contributed by atoms with E-state index in [1.807, 2.05) is 19.2 Å². The predicted molar refractivity (Wildman–Crippen MR) is 68.7 cm³/mol. The van der Waals surface area contributed by atoms with Gasteiger partial charge in [-0.1, -0.05) is 13.8 Å². The number of rotatable bonds is 4. The smallest absolute Gasteiger partial charge is 0.124 e. The third-order valence-electron chi connectivity index (χ3n) is 3.17. The molecule has 0 radical (unpaired) electrons. The van der Waals surface area contributed by atoms with Crippen molar-refractivity contribution in [1.29, 1.82) is 0 Å². The van der Waals surface area contributed by atoms with Crippen molar-refractivity contribution >= 4 is 0 Å². The summed E-state index contributed by atoms with van der Waals surface area (Å²) in [4.78, 5) is 0. The Bertz CT molecular complexity index is 378. The van der Waals surface area contributed by atoms with Crippen LogP contribution in [0.2, 0.25) is 0 Å². The van der Waals surface area contributed by atoms with Gasteiger partial charge in [0.2, 0.25) is 0 Å². The van der Waals surface area contributed by atoms with Crippen LogP contribution in [0.3, 0.4) is 0 Å². The zero-order valence-electron chi connectivity index (χ0n) is 10.8. The second-order valence-electron chi connectivity index (χ2n) is 4.60. The van der Waals surface area contributed by atoms with Crippen LogP contribution in [0.1, 0.15) is 31.9 Å². The second-order valence-corrected chi connectivity index (χ2v) is 4.60. The lowest BCUT2D eigenvalue weighted by atomic mass is 9.92. The lowest BCUT2D eigenvalue weighted by Gasteiger charge is -2.31. The Kier molecular flexibility index (Phi) is 3.89. The Hall–Kier alpha value is -1.22. The molecule has 0 amide bonds. The molecule has 1 heterocycles. The number of hydrogen-bond acceptors (Lipinski definition) is 3. The normalized spacial score (nSPS) is 22.8. The van der Waals surface area contributed by atoms with Gasteiger partial charge in [0.1, 0.15) is 11.5 Å². The second kappa shape index (κ2) is 5.41. The van der Waals surface area contributed by atoms with E-state index in [1.54, 1.807) is 0 Å². The number of benzene rings is 1. The molecule has 1 aliphatic heterocycles. The molecule has 0 spiro atoms. The van der Waals surface area contributed by atoms with Crippen molar-refractivity contribution in [1.82, 2.24) is 5.32 Å². The van der Waals surface area contributed by atoms with Gasteiger partial charge in [-0.05, 0) is 31.7 Å². The maximum absolute atomic E-state index is 5.73. The van der Waals surface area contributed by atoms with Crippen molar-refractivity contribution in [2.24, 2.45) is 5.92 Å². The molecule has 0 fully saturated rings. The molecule has 1 aromatic rings. The summed E-state index contributed by atoms with van der Waals surface area (Å²) in [5.41, 5.74) is 1.21. The van der Waals surface area contributed by atoms with Gasteiger partial charge in [-0.15, -0.1) is 0 Å². The average molecular weight is 235 g/mol. The summed E-state index contributed by atoms with van der Waals surface area (Å²) in [6, 6.07) is 6.44.